The largest absolute Gasteiger partial charge is 0.471 e. The number of nitrogens with two attached hydrogens (primary N) is 1. The molecule has 0 fully saturated rings. The summed E-state index contributed by atoms with van der Waals surface area (Å²) in [4.78, 5) is 26.3. The molecular formula is C18H21F3N4O3. The maximum absolute atomic E-state index is 12.3. The Kier molecular flexibility index (Phi) is 7.53. The van der Waals surface area contributed by atoms with E-state index in [1.165, 1.54) is 6.07 Å². The summed E-state index contributed by atoms with van der Waals surface area (Å²) >= 11 is 0. The van der Waals surface area contributed by atoms with Gasteiger partial charge in [0.05, 0.1) is 0 Å². The molecule has 0 aliphatic carbocycles. The van der Waals surface area contributed by atoms with Gasteiger partial charge in [-0.2, -0.15) is 18.2 Å². The lowest BCUT2D eigenvalue weighted by Gasteiger charge is -2.06. The van der Waals surface area contributed by atoms with E-state index in [9.17, 15) is 22.8 Å². The van der Waals surface area contributed by atoms with Crippen LogP contribution in [0.5, 0.6) is 0 Å². The topological polar surface area (TPSA) is 111 Å². The summed E-state index contributed by atoms with van der Waals surface area (Å²) in [5.74, 6) is -2.00. The third-order valence-electron chi connectivity index (χ3n) is 3.95. The standard InChI is InChI=1S/C18H21F3N4O3/c19-18(20,21)17-24-14(25-28-17)9-4-2-1-3-5-10-15(26)23-13-8-6-7-12(11-13)16(22)27/h6-8,11H,1-5,9-10H2,(H2,22,27)(H,23,26). The first-order chi connectivity index (χ1) is 13.3. The summed E-state index contributed by atoms with van der Waals surface area (Å²) in [5, 5.41) is 6.02. The highest BCUT2D eigenvalue weighted by Gasteiger charge is 2.38. The van der Waals surface area contributed by atoms with Gasteiger partial charge in [0.15, 0.2) is 5.82 Å². The van der Waals surface area contributed by atoms with Gasteiger partial charge >= 0.3 is 12.1 Å². The van der Waals surface area contributed by atoms with Crippen LogP contribution in [0.4, 0.5) is 18.9 Å². The van der Waals surface area contributed by atoms with E-state index < -0.39 is 18.0 Å². The van der Waals surface area contributed by atoms with Crippen LogP contribution in [0, 0.1) is 0 Å². The van der Waals surface area contributed by atoms with Crippen LogP contribution in [-0.2, 0) is 17.4 Å². The smallest absolute Gasteiger partial charge is 0.366 e. The number of benzene rings is 1. The average Bonchev–Trinajstić information content (AvgIpc) is 3.10. The molecule has 1 aromatic carbocycles. The summed E-state index contributed by atoms with van der Waals surface area (Å²) in [6.45, 7) is 0. The average molecular weight is 398 g/mol. The molecule has 0 saturated heterocycles. The van der Waals surface area contributed by atoms with Gasteiger partial charge in [-0.25, -0.2) is 0 Å². The number of amides is 2. The van der Waals surface area contributed by atoms with Crippen molar-refractivity contribution in [3.63, 3.8) is 0 Å². The Balaban J connectivity index is 1.58. The van der Waals surface area contributed by atoms with Crippen LogP contribution in [0.3, 0.4) is 0 Å². The number of nitrogens with one attached hydrogen (secondary N) is 1. The molecule has 7 nitrogen and oxygen atoms in total. The number of rotatable bonds is 10. The van der Waals surface area contributed by atoms with E-state index in [0.29, 0.717) is 36.9 Å². The Morgan fingerprint density at radius 3 is 2.50 bits per heavy atom. The SMILES string of the molecule is NC(=O)c1cccc(NC(=O)CCCCCCCc2noc(C(F)(F)F)n2)c1. The Bertz CT molecular complexity index is 805. The second-order valence-electron chi connectivity index (χ2n) is 6.27. The predicted molar refractivity (Wildman–Crippen MR) is 94.3 cm³/mol. The Labute approximate surface area is 159 Å². The molecular weight excluding hydrogens is 377 g/mol. The van der Waals surface area contributed by atoms with Crippen molar-refractivity contribution in [1.82, 2.24) is 10.1 Å². The molecule has 0 bridgehead atoms. The number of alkyl halides is 3. The van der Waals surface area contributed by atoms with Gasteiger partial charge in [-0.3, -0.25) is 9.59 Å². The fourth-order valence-electron chi connectivity index (χ4n) is 2.54. The summed E-state index contributed by atoms with van der Waals surface area (Å²) in [6.07, 6.45) is -0.198. The Morgan fingerprint density at radius 2 is 1.82 bits per heavy atom. The van der Waals surface area contributed by atoms with Gasteiger partial charge in [0.25, 0.3) is 0 Å². The predicted octanol–water partition coefficient (Wildman–Crippen LogP) is 3.71. The lowest BCUT2D eigenvalue weighted by molar-refractivity contribution is -0.159. The number of nitrogens with zero attached hydrogens (tertiary/aromatic N) is 2. The molecule has 0 saturated carbocycles. The first-order valence-electron chi connectivity index (χ1n) is 8.85. The van der Waals surface area contributed by atoms with Gasteiger partial charge in [-0.05, 0) is 31.0 Å². The molecule has 1 aromatic heterocycles. The third kappa shape index (κ3) is 7.01. The first-order valence-corrected chi connectivity index (χ1v) is 8.85. The maximum atomic E-state index is 12.3. The highest BCUT2D eigenvalue weighted by molar-refractivity contribution is 5.96. The minimum absolute atomic E-state index is 0.0462. The van der Waals surface area contributed by atoms with Crippen molar-refractivity contribution in [3.05, 3.63) is 41.5 Å². The number of aryl methyl sites for hydroxylation is 1. The highest BCUT2D eigenvalue weighted by Crippen LogP contribution is 2.27. The number of aromatic nitrogens is 2. The van der Waals surface area contributed by atoms with Crippen LogP contribution >= 0.6 is 0 Å². The van der Waals surface area contributed by atoms with Gasteiger partial charge in [0.1, 0.15) is 0 Å². The van der Waals surface area contributed by atoms with Crippen molar-refractivity contribution in [2.75, 3.05) is 5.32 Å². The number of carbonyl (C=O) groups is 2. The minimum atomic E-state index is -4.62. The summed E-state index contributed by atoms with van der Waals surface area (Å²) in [6, 6.07) is 6.39. The van der Waals surface area contributed by atoms with E-state index in [1.807, 2.05) is 0 Å². The third-order valence-corrected chi connectivity index (χ3v) is 3.95. The molecule has 0 atom stereocenters. The number of anilines is 1. The Hall–Kier alpha value is -2.91. The van der Waals surface area contributed by atoms with Gasteiger partial charge in [-0.1, -0.05) is 30.5 Å². The lowest BCUT2D eigenvalue weighted by atomic mass is 10.1. The van der Waals surface area contributed by atoms with Gasteiger partial charge in [0, 0.05) is 24.1 Å². The molecule has 2 aromatic rings. The Morgan fingerprint density at radius 1 is 1.11 bits per heavy atom. The number of carbonyl (C=O) groups excluding carboxylic acids is 2. The van der Waals surface area contributed by atoms with Gasteiger partial charge in [-0.15, -0.1) is 0 Å². The number of primary amides is 1. The van der Waals surface area contributed by atoms with Crippen molar-refractivity contribution < 1.29 is 27.3 Å². The van der Waals surface area contributed by atoms with Crippen molar-refractivity contribution in [2.24, 2.45) is 5.73 Å². The number of unbranched alkanes of at least 4 members (excludes halogenated alkanes) is 4. The maximum Gasteiger partial charge on any atom is 0.471 e. The zero-order valence-corrected chi connectivity index (χ0v) is 15.1. The number of hydrogen-bond acceptors (Lipinski definition) is 5. The van der Waals surface area contributed by atoms with Gasteiger partial charge in [0.2, 0.25) is 11.8 Å². The van der Waals surface area contributed by atoms with Crippen LogP contribution in [0.25, 0.3) is 0 Å². The molecule has 3 N–H and O–H groups in total. The molecule has 0 aliphatic rings. The zero-order valence-electron chi connectivity index (χ0n) is 15.1. The van der Waals surface area contributed by atoms with Crippen molar-refractivity contribution in [2.45, 2.75) is 51.1 Å². The molecule has 0 spiro atoms. The summed E-state index contributed by atoms with van der Waals surface area (Å²) < 4.78 is 41.2. The molecule has 2 amide bonds. The minimum Gasteiger partial charge on any atom is -0.366 e. The van der Waals surface area contributed by atoms with Crippen molar-refractivity contribution in [1.29, 1.82) is 0 Å². The quantitative estimate of drug-likeness (QED) is 0.593. The summed E-state index contributed by atoms with van der Waals surface area (Å²) in [5.41, 5.74) is 6.03. The number of hydrogen-bond donors (Lipinski definition) is 2. The first kappa shape index (κ1) is 21.4. The molecule has 10 heteroatoms. The molecule has 152 valence electrons. The van der Waals surface area contributed by atoms with E-state index in [0.717, 1.165) is 19.3 Å². The van der Waals surface area contributed by atoms with E-state index in [1.54, 1.807) is 18.2 Å². The van der Waals surface area contributed by atoms with Crippen LogP contribution in [0.15, 0.2) is 28.8 Å². The van der Waals surface area contributed by atoms with Crippen LogP contribution in [0.2, 0.25) is 0 Å². The monoisotopic (exact) mass is 398 g/mol. The van der Waals surface area contributed by atoms with Crippen LogP contribution in [0.1, 0.15) is 60.6 Å². The molecule has 0 aliphatic heterocycles. The zero-order chi connectivity index (χ0) is 20.6. The lowest BCUT2D eigenvalue weighted by Crippen LogP contribution is -2.14. The molecule has 2 rings (SSSR count). The van der Waals surface area contributed by atoms with E-state index in [2.05, 4.69) is 20.0 Å². The van der Waals surface area contributed by atoms with E-state index in [-0.39, 0.29) is 11.7 Å². The second-order valence-corrected chi connectivity index (χ2v) is 6.27. The second kappa shape index (κ2) is 9.86. The number of halogens is 3. The molecule has 0 radical (unpaired) electrons. The highest BCUT2D eigenvalue weighted by atomic mass is 19.4. The molecule has 1 heterocycles. The fraction of sp³-hybridized carbons (Fsp3) is 0.444. The van der Waals surface area contributed by atoms with Crippen LogP contribution in [-0.4, -0.2) is 22.0 Å². The summed E-state index contributed by atoms with van der Waals surface area (Å²) in [7, 11) is 0. The van der Waals surface area contributed by atoms with E-state index >= 15 is 0 Å². The molecule has 0 unspecified atom stereocenters. The fourth-order valence-corrected chi connectivity index (χ4v) is 2.54. The van der Waals surface area contributed by atoms with Crippen molar-refractivity contribution >= 4 is 17.5 Å². The molecule has 28 heavy (non-hydrogen) atoms. The van der Waals surface area contributed by atoms with Crippen molar-refractivity contribution in [3.8, 4) is 0 Å². The van der Waals surface area contributed by atoms with Gasteiger partial charge < -0.3 is 15.6 Å². The van der Waals surface area contributed by atoms with Crippen LogP contribution < -0.4 is 11.1 Å². The van der Waals surface area contributed by atoms with E-state index in [4.69, 9.17) is 5.73 Å². The normalized spacial score (nSPS) is 11.4.